The van der Waals surface area contributed by atoms with Crippen molar-refractivity contribution >= 4 is 29.1 Å². The number of aromatic nitrogens is 3. The highest BCUT2D eigenvalue weighted by Gasteiger charge is 2.17. The number of carbonyl (C=O) groups is 1. The van der Waals surface area contributed by atoms with E-state index in [2.05, 4.69) is 25.6 Å². The average molecular weight is 323 g/mol. The number of anilines is 2. The predicted octanol–water partition coefficient (Wildman–Crippen LogP) is 3.21. The number of hydrogen-bond donors (Lipinski definition) is 2. The van der Waals surface area contributed by atoms with Crippen LogP contribution in [0.25, 0.3) is 0 Å². The molecule has 1 unspecified atom stereocenters. The van der Waals surface area contributed by atoms with Gasteiger partial charge in [0.2, 0.25) is 17.8 Å². The Hall–Kier alpha value is -2.09. The third-order valence-corrected chi connectivity index (χ3v) is 4.13. The van der Waals surface area contributed by atoms with E-state index in [4.69, 9.17) is 0 Å². The number of carbonyl (C=O) groups excluding carboxylic acids is 1. The van der Waals surface area contributed by atoms with Crippen molar-refractivity contribution < 1.29 is 9.18 Å². The van der Waals surface area contributed by atoms with Crippen LogP contribution in [0.15, 0.2) is 6.07 Å². The molecule has 0 aliphatic carbocycles. The summed E-state index contributed by atoms with van der Waals surface area (Å²) in [6, 6.07) is 1.42. The molecule has 22 heavy (non-hydrogen) atoms. The van der Waals surface area contributed by atoms with Gasteiger partial charge < -0.3 is 5.32 Å². The fourth-order valence-corrected chi connectivity index (χ4v) is 3.10. The first-order valence-electron chi connectivity index (χ1n) is 6.91. The van der Waals surface area contributed by atoms with Crippen molar-refractivity contribution in [3.8, 4) is 0 Å². The molecule has 2 N–H and O–H groups in total. The van der Waals surface area contributed by atoms with Gasteiger partial charge in [0.15, 0.2) is 5.13 Å². The number of rotatable bonds is 5. The molecule has 8 heteroatoms. The molecule has 2 heterocycles. The molecule has 2 aromatic rings. The zero-order valence-electron chi connectivity index (χ0n) is 12.9. The zero-order valence-corrected chi connectivity index (χ0v) is 13.7. The normalized spacial score (nSPS) is 12.0. The van der Waals surface area contributed by atoms with Crippen LogP contribution in [-0.4, -0.2) is 20.9 Å². The maximum absolute atomic E-state index is 13.4. The Bertz CT molecular complexity index is 688. The molecule has 1 atom stereocenters. The van der Waals surface area contributed by atoms with Crippen molar-refractivity contribution in [2.24, 2.45) is 0 Å². The smallest absolute Gasteiger partial charge is 0.234 e. The van der Waals surface area contributed by atoms with E-state index in [1.807, 2.05) is 13.8 Å². The largest absolute Gasteiger partial charge is 0.346 e. The quantitative estimate of drug-likeness (QED) is 0.883. The van der Waals surface area contributed by atoms with E-state index in [-0.39, 0.29) is 23.0 Å². The summed E-state index contributed by atoms with van der Waals surface area (Å²) < 4.78 is 13.4. The Morgan fingerprint density at radius 1 is 1.32 bits per heavy atom. The molecular formula is C14H18FN5OS. The van der Waals surface area contributed by atoms with Crippen LogP contribution in [0.4, 0.5) is 16.3 Å². The molecule has 0 spiro atoms. The molecule has 6 nitrogen and oxygen atoms in total. The minimum Gasteiger partial charge on any atom is -0.346 e. The molecule has 0 aromatic carbocycles. The Labute approximate surface area is 132 Å². The van der Waals surface area contributed by atoms with Crippen molar-refractivity contribution in [3.05, 3.63) is 27.5 Å². The van der Waals surface area contributed by atoms with Crippen molar-refractivity contribution in [1.82, 2.24) is 15.0 Å². The lowest BCUT2D eigenvalue weighted by Gasteiger charge is -2.17. The summed E-state index contributed by atoms with van der Waals surface area (Å²) in [5.74, 6) is 0.799. The number of nitrogens with zero attached hydrogens (tertiary/aromatic N) is 3. The van der Waals surface area contributed by atoms with E-state index in [1.165, 1.54) is 13.0 Å². The van der Waals surface area contributed by atoms with Gasteiger partial charge >= 0.3 is 0 Å². The Morgan fingerprint density at radius 2 is 2.00 bits per heavy atom. The number of hydrogen-bond acceptors (Lipinski definition) is 6. The van der Waals surface area contributed by atoms with E-state index in [0.717, 1.165) is 28.2 Å². The lowest BCUT2D eigenvalue weighted by molar-refractivity contribution is -0.114. The SMILES string of the molecule is CCC(Nc1nc(C)nc(NC(C)=O)n1)c1sc(F)cc1C. The van der Waals surface area contributed by atoms with Crippen molar-refractivity contribution in [2.45, 2.75) is 40.2 Å². The number of halogens is 1. The monoisotopic (exact) mass is 323 g/mol. The Morgan fingerprint density at radius 3 is 2.55 bits per heavy atom. The zero-order chi connectivity index (χ0) is 16.3. The van der Waals surface area contributed by atoms with Crippen molar-refractivity contribution in [1.29, 1.82) is 0 Å². The summed E-state index contributed by atoms with van der Waals surface area (Å²) in [5.41, 5.74) is 0.898. The summed E-state index contributed by atoms with van der Waals surface area (Å²) in [7, 11) is 0. The van der Waals surface area contributed by atoms with E-state index >= 15 is 0 Å². The van der Waals surface area contributed by atoms with Crippen LogP contribution in [-0.2, 0) is 4.79 Å². The van der Waals surface area contributed by atoms with Gasteiger partial charge in [0.25, 0.3) is 0 Å². The maximum atomic E-state index is 13.4. The van der Waals surface area contributed by atoms with E-state index < -0.39 is 0 Å². The Balaban J connectivity index is 2.26. The Kier molecular flexibility index (Phi) is 5.02. The van der Waals surface area contributed by atoms with Gasteiger partial charge in [-0.15, -0.1) is 11.3 Å². The lowest BCUT2D eigenvalue weighted by Crippen LogP contribution is -2.16. The highest BCUT2D eigenvalue weighted by molar-refractivity contribution is 7.10. The second kappa shape index (κ2) is 6.78. The summed E-state index contributed by atoms with van der Waals surface area (Å²) in [4.78, 5) is 24.5. The van der Waals surface area contributed by atoms with E-state index in [9.17, 15) is 9.18 Å². The molecular weight excluding hydrogens is 305 g/mol. The first kappa shape index (κ1) is 16.3. The van der Waals surface area contributed by atoms with Crippen LogP contribution >= 0.6 is 11.3 Å². The standard InChI is InChI=1S/C14H18FN5OS/c1-5-10(12-7(2)6-11(15)22-12)19-14-17-8(3)16-13(20-14)18-9(4)21/h6,10H,5H2,1-4H3,(H2,16,17,18,19,20,21). The first-order valence-corrected chi connectivity index (χ1v) is 7.73. The van der Waals surface area contributed by atoms with Crippen LogP contribution in [0, 0.1) is 19.0 Å². The number of thiophene rings is 1. The molecule has 0 fully saturated rings. The van der Waals surface area contributed by atoms with Gasteiger partial charge in [-0.3, -0.25) is 10.1 Å². The minimum absolute atomic E-state index is 0.0959. The molecule has 2 rings (SSSR count). The summed E-state index contributed by atoms with van der Waals surface area (Å²) in [5, 5.41) is 5.51. The highest BCUT2D eigenvalue weighted by Crippen LogP contribution is 2.30. The molecule has 0 saturated carbocycles. The van der Waals surface area contributed by atoms with Crippen LogP contribution in [0.5, 0.6) is 0 Å². The van der Waals surface area contributed by atoms with Crippen LogP contribution in [0.2, 0.25) is 0 Å². The van der Waals surface area contributed by atoms with Gasteiger partial charge in [0.05, 0.1) is 6.04 Å². The molecule has 0 radical (unpaired) electrons. The predicted molar refractivity (Wildman–Crippen MR) is 84.5 cm³/mol. The third-order valence-electron chi connectivity index (χ3n) is 2.99. The fourth-order valence-electron chi connectivity index (χ4n) is 2.07. The second-order valence-corrected chi connectivity index (χ2v) is 5.95. The van der Waals surface area contributed by atoms with E-state index in [0.29, 0.717) is 11.8 Å². The van der Waals surface area contributed by atoms with Crippen molar-refractivity contribution in [2.75, 3.05) is 10.6 Å². The molecule has 0 saturated heterocycles. The molecule has 0 aliphatic heterocycles. The highest BCUT2D eigenvalue weighted by atomic mass is 32.1. The van der Waals surface area contributed by atoms with Gasteiger partial charge in [0.1, 0.15) is 5.82 Å². The molecule has 118 valence electrons. The average Bonchev–Trinajstić information content (AvgIpc) is 2.73. The van der Waals surface area contributed by atoms with E-state index in [1.54, 1.807) is 6.92 Å². The van der Waals surface area contributed by atoms with Crippen LogP contribution in [0.1, 0.15) is 42.6 Å². The number of amides is 1. The number of aryl methyl sites for hydroxylation is 2. The van der Waals surface area contributed by atoms with Crippen LogP contribution < -0.4 is 10.6 Å². The maximum Gasteiger partial charge on any atom is 0.234 e. The molecule has 0 aliphatic rings. The van der Waals surface area contributed by atoms with Gasteiger partial charge in [0, 0.05) is 11.8 Å². The van der Waals surface area contributed by atoms with Crippen molar-refractivity contribution in [3.63, 3.8) is 0 Å². The van der Waals surface area contributed by atoms with Gasteiger partial charge in [-0.1, -0.05) is 6.92 Å². The molecule has 1 amide bonds. The first-order chi connectivity index (χ1) is 10.4. The van der Waals surface area contributed by atoms with Gasteiger partial charge in [-0.2, -0.15) is 19.3 Å². The fraction of sp³-hybridized carbons (Fsp3) is 0.429. The summed E-state index contributed by atoms with van der Waals surface area (Å²) >= 11 is 1.12. The summed E-state index contributed by atoms with van der Waals surface area (Å²) in [6.07, 6.45) is 0.751. The lowest BCUT2D eigenvalue weighted by atomic mass is 10.1. The molecule has 0 bridgehead atoms. The second-order valence-electron chi connectivity index (χ2n) is 4.91. The van der Waals surface area contributed by atoms with Gasteiger partial charge in [-0.05, 0) is 31.9 Å². The topological polar surface area (TPSA) is 79.8 Å². The minimum atomic E-state index is -0.250. The van der Waals surface area contributed by atoms with Gasteiger partial charge in [-0.25, -0.2) is 0 Å². The molecule has 2 aromatic heterocycles. The third kappa shape index (κ3) is 3.97. The number of nitrogens with one attached hydrogen (secondary N) is 2. The van der Waals surface area contributed by atoms with Crippen LogP contribution in [0.3, 0.4) is 0 Å². The summed E-state index contributed by atoms with van der Waals surface area (Å²) in [6.45, 7) is 6.98.